The van der Waals surface area contributed by atoms with Crippen molar-refractivity contribution in [3.8, 4) is 17.1 Å². The molecule has 5 nitrogen and oxygen atoms in total. The van der Waals surface area contributed by atoms with E-state index in [1.807, 2.05) is 24.5 Å². The molecule has 0 radical (unpaired) electrons. The number of hydrogen-bond donors (Lipinski definition) is 0. The van der Waals surface area contributed by atoms with Gasteiger partial charge in [-0.05, 0) is 56.0 Å². The van der Waals surface area contributed by atoms with Crippen molar-refractivity contribution in [2.75, 3.05) is 6.61 Å². The molecule has 176 valence electrons. The minimum atomic E-state index is -0.571. The van der Waals surface area contributed by atoms with E-state index in [0.717, 1.165) is 24.8 Å². The van der Waals surface area contributed by atoms with E-state index in [4.69, 9.17) is 9.47 Å². The SMILES string of the molecule is CCCCCCCCc1cnc(-c2ccc(OC(=O)C(C)OCCCCCC)cc2)nc1. The van der Waals surface area contributed by atoms with E-state index in [-0.39, 0.29) is 5.97 Å². The van der Waals surface area contributed by atoms with Crippen molar-refractivity contribution in [2.24, 2.45) is 0 Å². The smallest absolute Gasteiger partial charge is 0.340 e. The molecule has 32 heavy (non-hydrogen) atoms. The normalized spacial score (nSPS) is 12.0. The third-order valence-electron chi connectivity index (χ3n) is 5.55. The molecule has 0 amide bonds. The second-order valence-corrected chi connectivity index (χ2v) is 8.45. The predicted octanol–water partition coefficient (Wildman–Crippen LogP) is 6.94. The Balaban J connectivity index is 1.76. The molecule has 0 aliphatic rings. The van der Waals surface area contributed by atoms with Gasteiger partial charge in [-0.1, -0.05) is 65.2 Å². The highest BCUT2D eigenvalue weighted by Crippen LogP contribution is 2.20. The van der Waals surface area contributed by atoms with Gasteiger partial charge in [0.05, 0.1) is 0 Å². The van der Waals surface area contributed by atoms with Crippen molar-refractivity contribution in [3.63, 3.8) is 0 Å². The van der Waals surface area contributed by atoms with Crippen LogP contribution in [0.1, 0.15) is 90.5 Å². The second kappa shape index (κ2) is 15.5. The van der Waals surface area contributed by atoms with Crippen molar-refractivity contribution in [1.82, 2.24) is 9.97 Å². The monoisotopic (exact) mass is 440 g/mol. The molecule has 1 heterocycles. The highest BCUT2D eigenvalue weighted by molar-refractivity contribution is 5.77. The van der Waals surface area contributed by atoms with Crippen LogP contribution in [-0.4, -0.2) is 28.6 Å². The summed E-state index contributed by atoms with van der Waals surface area (Å²) in [6.07, 6.45) is 16.5. The number of carbonyl (C=O) groups is 1. The van der Waals surface area contributed by atoms with Gasteiger partial charge in [-0.25, -0.2) is 14.8 Å². The summed E-state index contributed by atoms with van der Waals surface area (Å²) in [5.74, 6) is 0.807. The Kier molecular flexibility index (Phi) is 12.6. The molecule has 0 fully saturated rings. The number of ether oxygens (including phenoxy) is 2. The molecule has 0 saturated heterocycles. The largest absolute Gasteiger partial charge is 0.425 e. The highest BCUT2D eigenvalue weighted by Gasteiger charge is 2.16. The van der Waals surface area contributed by atoms with Crippen molar-refractivity contribution in [3.05, 3.63) is 42.2 Å². The Hall–Kier alpha value is -2.27. The minimum Gasteiger partial charge on any atom is -0.425 e. The van der Waals surface area contributed by atoms with Gasteiger partial charge in [0.1, 0.15) is 5.75 Å². The molecule has 5 heteroatoms. The zero-order chi connectivity index (χ0) is 23.0. The molecule has 1 unspecified atom stereocenters. The standard InChI is InChI=1S/C27H40N2O3/c1-4-6-8-10-11-12-14-23-20-28-26(29-21-23)24-15-17-25(18-16-24)32-27(30)22(3)31-19-13-9-7-5-2/h15-18,20-22H,4-14,19H2,1-3H3. The van der Waals surface area contributed by atoms with E-state index < -0.39 is 6.10 Å². The molecule has 1 aromatic heterocycles. The molecule has 2 aromatic rings. The lowest BCUT2D eigenvalue weighted by Crippen LogP contribution is -2.26. The molecule has 0 N–H and O–H groups in total. The van der Waals surface area contributed by atoms with Gasteiger partial charge in [0.25, 0.3) is 0 Å². The lowest BCUT2D eigenvalue weighted by molar-refractivity contribution is -0.146. The summed E-state index contributed by atoms with van der Waals surface area (Å²) < 4.78 is 11.0. The molecule has 2 rings (SSSR count). The average Bonchev–Trinajstić information content (AvgIpc) is 2.82. The quantitative estimate of drug-likeness (QED) is 0.161. The average molecular weight is 441 g/mol. The third-order valence-corrected chi connectivity index (χ3v) is 5.55. The third kappa shape index (κ3) is 9.90. The molecular formula is C27H40N2O3. The predicted molar refractivity (Wildman–Crippen MR) is 130 cm³/mol. The summed E-state index contributed by atoms with van der Waals surface area (Å²) in [5, 5.41) is 0. The van der Waals surface area contributed by atoms with Gasteiger partial charge in [0, 0.05) is 24.6 Å². The maximum atomic E-state index is 12.2. The van der Waals surface area contributed by atoms with E-state index in [9.17, 15) is 4.79 Å². The Morgan fingerprint density at radius 3 is 2.09 bits per heavy atom. The van der Waals surface area contributed by atoms with E-state index in [1.165, 1.54) is 56.9 Å². The Labute approximate surface area is 194 Å². The van der Waals surface area contributed by atoms with Gasteiger partial charge >= 0.3 is 5.97 Å². The van der Waals surface area contributed by atoms with Crippen molar-refractivity contribution in [1.29, 1.82) is 0 Å². The molecule has 0 saturated carbocycles. The maximum Gasteiger partial charge on any atom is 0.340 e. The van der Waals surface area contributed by atoms with Crippen LogP contribution < -0.4 is 4.74 Å². The summed E-state index contributed by atoms with van der Waals surface area (Å²) in [4.78, 5) is 21.2. The minimum absolute atomic E-state index is 0.372. The number of carbonyl (C=O) groups excluding carboxylic acids is 1. The lowest BCUT2D eigenvalue weighted by atomic mass is 10.1. The van der Waals surface area contributed by atoms with Gasteiger partial charge in [-0.15, -0.1) is 0 Å². The maximum absolute atomic E-state index is 12.2. The van der Waals surface area contributed by atoms with E-state index >= 15 is 0 Å². The first-order valence-corrected chi connectivity index (χ1v) is 12.4. The van der Waals surface area contributed by atoms with Crippen LogP contribution in [-0.2, 0) is 16.0 Å². The van der Waals surface area contributed by atoms with Crippen LogP contribution in [0, 0.1) is 0 Å². The molecule has 1 atom stereocenters. The summed E-state index contributed by atoms with van der Waals surface area (Å²) in [7, 11) is 0. The van der Waals surface area contributed by atoms with Gasteiger partial charge in [0.2, 0.25) is 0 Å². The Morgan fingerprint density at radius 1 is 0.844 bits per heavy atom. The highest BCUT2D eigenvalue weighted by atomic mass is 16.6. The van der Waals surface area contributed by atoms with Crippen LogP contribution in [0.25, 0.3) is 11.4 Å². The molecule has 0 aliphatic carbocycles. The fourth-order valence-corrected chi connectivity index (χ4v) is 3.47. The number of nitrogens with zero attached hydrogens (tertiary/aromatic N) is 2. The van der Waals surface area contributed by atoms with Crippen molar-refractivity contribution >= 4 is 5.97 Å². The summed E-state index contributed by atoms with van der Waals surface area (Å²) in [6.45, 7) is 6.73. The van der Waals surface area contributed by atoms with Gasteiger partial charge in [-0.3, -0.25) is 0 Å². The van der Waals surface area contributed by atoms with E-state index in [1.54, 1.807) is 19.1 Å². The fourth-order valence-electron chi connectivity index (χ4n) is 3.47. The van der Waals surface area contributed by atoms with Gasteiger partial charge < -0.3 is 9.47 Å². The lowest BCUT2D eigenvalue weighted by Gasteiger charge is -2.12. The summed E-state index contributed by atoms with van der Waals surface area (Å²) >= 11 is 0. The molecule has 0 spiro atoms. The van der Waals surface area contributed by atoms with Gasteiger partial charge in [-0.2, -0.15) is 0 Å². The number of esters is 1. The molecule has 1 aromatic carbocycles. The Bertz CT molecular complexity index is 759. The Morgan fingerprint density at radius 2 is 1.44 bits per heavy atom. The van der Waals surface area contributed by atoms with Gasteiger partial charge in [0.15, 0.2) is 11.9 Å². The topological polar surface area (TPSA) is 61.3 Å². The number of rotatable bonds is 16. The van der Waals surface area contributed by atoms with Crippen LogP contribution >= 0.6 is 0 Å². The fraction of sp³-hybridized carbons (Fsp3) is 0.593. The number of aryl methyl sites for hydroxylation is 1. The van der Waals surface area contributed by atoms with Crippen LogP contribution in [0.4, 0.5) is 0 Å². The molecule has 0 aliphatic heterocycles. The first-order chi connectivity index (χ1) is 15.6. The molecular weight excluding hydrogens is 400 g/mol. The van der Waals surface area contributed by atoms with Crippen LogP contribution in [0.3, 0.4) is 0 Å². The number of unbranched alkanes of at least 4 members (excludes halogenated alkanes) is 8. The number of benzene rings is 1. The van der Waals surface area contributed by atoms with Crippen LogP contribution in [0.15, 0.2) is 36.7 Å². The summed E-state index contributed by atoms with van der Waals surface area (Å²) in [5.41, 5.74) is 2.08. The zero-order valence-corrected chi connectivity index (χ0v) is 20.1. The van der Waals surface area contributed by atoms with Crippen LogP contribution in [0.2, 0.25) is 0 Å². The first kappa shape index (κ1) is 26.0. The number of aromatic nitrogens is 2. The molecule has 0 bridgehead atoms. The number of hydrogen-bond acceptors (Lipinski definition) is 5. The van der Waals surface area contributed by atoms with E-state index in [0.29, 0.717) is 18.2 Å². The second-order valence-electron chi connectivity index (χ2n) is 8.45. The van der Waals surface area contributed by atoms with E-state index in [2.05, 4.69) is 23.8 Å². The van der Waals surface area contributed by atoms with Crippen molar-refractivity contribution in [2.45, 2.75) is 97.5 Å². The first-order valence-electron chi connectivity index (χ1n) is 12.4. The van der Waals surface area contributed by atoms with Crippen molar-refractivity contribution < 1.29 is 14.3 Å². The zero-order valence-electron chi connectivity index (χ0n) is 20.1. The van der Waals surface area contributed by atoms with Crippen LogP contribution in [0.5, 0.6) is 5.75 Å². The summed E-state index contributed by atoms with van der Waals surface area (Å²) in [6, 6.07) is 7.30.